The SMILES string of the molecule is CCC1CCC(C2CCC(c3ccc(F)c(C(F)(F)F)c3)CC2)CC1. The van der Waals surface area contributed by atoms with Gasteiger partial charge in [-0.2, -0.15) is 13.2 Å². The van der Waals surface area contributed by atoms with E-state index in [2.05, 4.69) is 6.92 Å². The molecule has 0 nitrogen and oxygen atoms in total. The highest BCUT2D eigenvalue weighted by molar-refractivity contribution is 5.30. The quantitative estimate of drug-likeness (QED) is 0.497. The van der Waals surface area contributed by atoms with Crippen molar-refractivity contribution in [2.24, 2.45) is 17.8 Å². The van der Waals surface area contributed by atoms with Crippen LogP contribution in [0.2, 0.25) is 0 Å². The summed E-state index contributed by atoms with van der Waals surface area (Å²) in [5, 5.41) is 0. The van der Waals surface area contributed by atoms with Crippen LogP contribution in [-0.4, -0.2) is 0 Å². The van der Waals surface area contributed by atoms with Gasteiger partial charge >= 0.3 is 6.18 Å². The Bertz CT molecular complexity index is 562. The van der Waals surface area contributed by atoms with Crippen LogP contribution in [0, 0.1) is 23.6 Å². The molecule has 1 aromatic carbocycles. The van der Waals surface area contributed by atoms with E-state index in [9.17, 15) is 17.6 Å². The van der Waals surface area contributed by atoms with Gasteiger partial charge in [-0.25, -0.2) is 4.39 Å². The van der Waals surface area contributed by atoms with Crippen molar-refractivity contribution in [3.05, 3.63) is 35.1 Å². The predicted octanol–water partition coefficient (Wildman–Crippen LogP) is 7.33. The van der Waals surface area contributed by atoms with Gasteiger partial charge in [0, 0.05) is 0 Å². The van der Waals surface area contributed by atoms with E-state index >= 15 is 0 Å². The number of hydrogen-bond acceptors (Lipinski definition) is 0. The van der Waals surface area contributed by atoms with Gasteiger partial charge in [0.1, 0.15) is 5.82 Å². The second-order valence-electron chi connectivity index (χ2n) is 8.04. The summed E-state index contributed by atoms with van der Waals surface area (Å²) in [5.74, 6) is 1.41. The highest BCUT2D eigenvalue weighted by Crippen LogP contribution is 2.45. The number of rotatable bonds is 3. The van der Waals surface area contributed by atoms with Crippen LogP contribution in [0.5, 0.6) is 0 Å². The minimum absolute atomic E-state index is 0.143. The van der Waals surface area contributed by atoms with Gasteiger partial charge < -0.3 is 0 Å². The molecule has 0 bridgehead atoms. The molecular weight excluding hydrogens is 328 g/mol. The fourth-order valence-electron chi connectivity index (χ4n) is 5.01. The Labute approximate surface area is 148 Å². The molecule has 2 aliphatic carbocycles. The van der Waals surface area contributed by atoms with Crippen molar-refractivity contribution in [2.75, 3.05) is 0 Å². The molecule has 2 aliphatic rings. The summed E-state index contributed by atoms with van der Waals surface area (Å²) < 4.78 is 52.2. The Hall–Kier alpha value is -1.06. The molecular formula is C21H28F4. The normalized spacial score (nSPS) is 31.1. The summed E-state index contributed by atoms with van der Waals surface area (Å²) in [6.07, 6.45) is 6.06. The minimum atomic E-state index is -4.62. The zero-order valence-corrected chi connectivity index (χ0v) is 14.9. The first-order valence-corrected chi connectivity index (χ1v) is 9.75. The Kier molecular flexibility index (Phi) is 5.75. The van der Waals surface area contributed by atoms with Gasteiger partial charge in [-0.15, -0.1) is 0 Å². The molecule has 4 heteroatoms. The first-order valence-electron chi connectivity index (χ1n) is 9.75. The maximum atomic E-state index is 13.5. The van der Waals surface area contributed by atoms with Crippen LogP contribution < -0.4 is 0 Å². The third-order valence-corrected chi connectivity index (χ3v) is 6.67. The summed E-state index contributed by atoms with van der Waals surface area (Å²) in [4.78, 5) is 0. The Morgan fingerprint density at radius 1 is 0.880 bits per heavy atom. The average Bonchev–Trinajstić information content (AvgIpc) is 2.61. The van der Waals surface area contributed by atoms with Crippen LogP contribution in [0.1, 0.15) is 81.8 Å². The second-order valence-corrected chi connectivity index (χ2v) is 8.04. The topological polar surface area (TPSA) is 0 Å². The van der Waals surface area contributed by atoms with Crippen LogP contribution in [0.4, 0.5) is 17.6 Å². The van der Waals surface area contributed by atoms with Crippen LogP contribution in [0.15, 0.2) is 18.2 Å². The van der Waals surface area contributed by atoms with Gasteiger partial charge in [-0.1, -0.05) is 32.3 Å². The molecule has 2 saturated carbocycles. The van der Waals surface area contributed by atoms with Crippen molar-refractivity contribution in [2.45, 2.75) is 76.8 Å². The van der Waals surface area contributed by atoms with E-state index in [1.807, 2.05) is 0 Å². The van der Waals surface area contributed by atoms with Crippen molar-refractivity contribution in [3.8, 4) is 0 Å². The lowest BCUT2D eigenvalue weighted by Gasteiger charge is -2.38. The first-order chi connectivity index (χ1) is 11.9. The standard InChI is InChI=1S/C21H28F4/c1-2-14-3-5-15(6-4-14)16-7-9-17(10-8-16)18-11-12-20(22)19(13-18)21(23,24)25/h11-17H,2-10H2,1H3. The third kappa shape index (κ3) is 4.38. The zero-order valence-electron chi connectivity index (χ0n) is 14.9. The van der Waals surface area contributed by atoms with E-state index in [4.69, 9.17) is 0 Å². The summed E-state index contributed by atoms with van der Waals surface area (Å²) in [5.41, 5.74) is -0.466. The summed E-state index contributed by atoms with van der Waals surface area (Å²) in [6.45, 7) is 2.27. The van der Waals surface area contributed by atoms with Gasteiger partial charge in [-0.05, 0) is 79.9 Å². The molecule has 25 heavy (non-hydrogen) atoms. The monoisotopic (exact) mass is 356 g/mol. The lowest BCUT2D eigenvalue weighted by molar-refractivity contribution is -0.140. The molecule has 0 atom stereocenters. The van der Waals surface area contributed by atoms with Crippen LogP contribution in [0.3, 0.4) is 0 Å². The first kappa shape index (κ1) is 18.7. The van der Waals surface area contributed by atoms with E-state index in [1.165, 1.54) is 32.1 Å². The highest BCUT2D eigenvalue weighted by Gasteiger charge is 2.36. The summed E-state index contributed by atoms with van der Waals surface area (Å²) in [7, 11) is 0. The Balaban J connectivity index is 1.59. The smallest absolute Gasteiger partial charge is 0.206 e. The maximum absolute atomic E-state index is 13.5. The summed E-state index contributed by atoms with van der Waals surface area (Å²) >= 11 is 0. The molecule has 3 rings (SSSR count). The molecule has 0 aromatic heterocycles. The number of halogens is 4. The molecule has 1 aromatic rings. The molecule has 2 fully saturated rings. The lowest BCUT2D eigenvalue weighted by Crippen LogP contribution is -2.25. The highest BCUT2D eigenvalue weighted by atomic mass is 19.4. The van der Waals surface area contributed by atoms with Gasteiger partial charge in [0.25, 0.3) is 0 Å². The molecule has 0 N–H and O–H groups in total. The maximum Gasteiger partial charge on any atom is 0.419 e. The van der Waals surface area contributed by atoms with Gasteiger partial charge in [-0.3, -0.25) is 0 Å². The molecule has 0 amide bonds. The zero-order chi connectivity index (χ0) is 18.0. The van der Waals surface area contributed by atoms with Crippen molar-refractivity contribution < 1.29 is 17.6 Å². The largest absolute Gasteiger partial charge is 0.419 e. The van der Waals surface area contributed by atoms with Crippen molar-refractivity contribution in [3.63, 3.8) is 0 Å². The van der Waals surface area contributed by atoms with Crippen LogP contribution in [-0.2, 0) is 6.18 Å². The van der Waals surface area contributed by atoms with E-state index in [0.29, 0.717) is 5.56 Å². The summed E-state index contributed by atoms with van der Waals surface area (Å²) in [6, 6.07) is 3.56. The predicted molar refractivity (Wildman–Crippen MR) is 91.8 cm³/mol. The van der Waals surface area contributed by atoms with Gasteiger partial charge in [0.05, 0.1) is 5.56 Å². The molecule has 0 spiro atoms. The van der Waals surface area contributed by atoms with E-state index in [-0.39, 0.29) is 5.92 Å². The lowest BCUT2D eigenvalue weighted by atomic mass is 9.68. The molecule has 0 heterocycles. The number of benzene rings is 1. The number of hydrogen-bond donors (Lipinski definition) is 0. The average molecular weight is 356 g/mol. The van der Waals surface area contributed by atoms with Gasteiger partial charge in [0.2, 0.25) is 0 Å². The fraction of sp³-hybridized carbons (Fsp3) is 0.714. The Morgan fingerprint density at radius 2 is 1.44 bits per heavy atom. The van der Waals surface area contributed by atoms with E-state index in [0.717, 1.165) is 55.6 Å². The molecule has 140 valence electrons. The minimum Gasteiger partial charge on any atom is -0.206 e. The molecule has 0 unspecified atom stereocenters. The van der Waals surface area contributed by atoms with Crippen LogP contribution in [0.25, 0.3) is 0 Å². The second kappa shape index (κ2) is 7.67. The Morgan fingerprint density at radius 3 is 1.96 bits per heavy atom. The third-order valence-electron chi connectivity index (χ3n) is 6.67. The van der Waals surface area contributed by atoms with Gasteiger partial charge in [0.15, 0.2) is 0 Å². The van der Waals surface area contributed by atoms with Crippen molar-refractivity contribution in [1.29, 1.82) is 0 Å². The fourth-order valence-corrected chi connectivity index (χ4v) is 5.01. The molecule has 0 radical (unpaired) electrons. The van der Waals surface area contributed by atoms with Crippen molar-refractivity contribution >= 4 is 0 Å². The molecule has 0 aliphatic heterocycles. The van der Waals surface area contributed by atoms with E-state index < -0.39 is 17.6 Å². The number of alkyl halides is 3. The van der Waals surface area contributed by atoms with E-state index in [1.54, 1.807) is 6.07 Å². The van der Waals surface area contributed by atoms with Crippen LogP contribution >= 0.6 is 0 Å². The van der Waals surface area contributed by atoms with Crippen molar-refractivity contribution in [1.82, 2.24) is 0 Å². The molecule has 0 saturated heterocycles.